The lowest BCUT2D eigenvalue weighted by molar-refractivity contribution is 0.0642. The average molecular weight is 732 g/mol. The van der Waals surface area contributed by atoms with Crippen molar-refractivity contribution in [3.8, 4) is 34.1 Å². The van der Waals surface area contributed by atoms with Crippen LogP contribution in [0.1, 0.15) is 99.6 Å². The third-order valence-corrected chi connectivity index (χ3v) is 13.4. The van der Waals surface area contributed by atoms with E-state index in [-0.39, 0.29) is 16.2 Å². The van der Waals surface area contributed by atoms with Gasteiger partial charge in [0.25, 0.3) is 0 Å². The summed E-state index contributed by atoms with van der Waals surface area (Å²) >= 11 is 0. The molecule has 0 atom stereocenters. The summed E-state index contributed by atoms with van der Waals surface area (Å²) < 4.78 is 25.9. The molecule has 55 heavy (non-hydrogen) atoms. The Hall–Kier alpha value is -4.90. The fourth-order valence-corrected chi connectivity index (χ4v) is 12.0. The van der Waals surface area contributed by atoms with Gasteiger partial charge in [-0.15, -0.1) is 0 Å². The predicted octanol–water partition coefficient (Wildman–Crippen LogP) is 11.6. The van der Waals surface area contributed by atoms with E-state index in [1.807, 2.05) is 24.3 Å². The summed E-state index contributed by atoms with van der Waals surface area (Å²) in [6.45, 7) is 12.8. The Morgan fingerprint density at radius 2 is 1.35 bits per heavy atom. The van der Waals surface area contributed by atoms with Crippen LogP contribution in [0.25, 0.3) is 28.0 Å². The Labute approximate surface area is 326 Å². The Morgan fingerprint density at radius 3 is 1.98 bits per heavy atom. The first-order valence-corrected chi connectivity index (χ1v) is 20.4. The SMILES string of the molecule is COc1ccc(C2(c3ccc(OC)cc3)C=Cc3c4c(c5c6c(c(N7CCCCC7)cc5c3O2)OCC6)-c2ccccc2C42CC(C)(C)CC(C)(C)C2)cc1. The molecule has 0 bridgehead atoms. The highest BCUT2D eigenvalue weighted by atomic mass is 16.5. The molecule has 0 radical (unpaired) electrons. The monoisotopic (exact) mass is 731 g/mol. The molecule has 2 aliphatic carbocycles. The van der Waals surface area contributed by atoms with Gasteiger partial charge < -0.3 is 23.8 Å². The zero-order valence-electron chi connectivity index (χ0n) is 33.3. The van der Waals surface area contributed by atoms with Crippen molar-refractivity contribution in [1.82, 2.24) is 0 Å². The van der Waals surface area contributed by atoms with E-state index >= 15 is 0 Å². The highest BCUT2D eigenvalue weighted by Crippen LogP contribution is 2.68. The number of anilines is 1. The number of methoxy groups -OCH3 is 2. The average Bonchev–Trinajstić information content (AvgIpc) is 3.78. The maximum atomic E-state index is 7.89. The molecule has 1 spiro atoms. The second kappa shape index (κ2) is 12.3. The molecular weight excluding hydrogens is 679 g/mol. The van der Waals surface area contributed by atoms with E-state index in [2.05, 4.69) is 99.3 Å². The van der Waals surface area contributed by atoms with Crippen LogP contribution in [0.3, 0.4) is 0 Å². The van der Waals surface area contributed by atoms with Gasteiger partial charge in [-0.1, -0.05) is 82.3 Å². The lowest BCUT2D eigenvalue weighted by atomic mass is 9.52. The van der Waals surface area contributed by atoms with Crippen LogP contribution in [0.2, 0.25) is 0 Å². The van der Waals surface area contributed by atoms with Crippen molar-refractivity contribution in [1.29, 1.82) is 0 Å². The van der Waals surface area contributed by atoms with Gasteiger partial charge in [-0.3, -0.25) is 0 Å². The van der Waals surface area contributed by atoms with Crippen molar-refractivity contribution >= 4 is 22.5 Å². The summed E-state index contributed by atoms with van der Waals surface area (Å²) in [5, 5.41) is 2.51. The van der Waals surface area contributed by atoms with E-state index < -0.39 is 5.60 Å². The third-order valence-electron chi connectivity index (χ3n) is 13.4. The number of piperidine rings is 1. The highest BCUT2D eigenvalue weighted by molar-refractivity contribution is 6.12. The molecule has 10 rings (SSSR count). The molecule has 1 saturated heterocycles. The molecule has 0 amide bonds. The van der Waals surface area contributed by atoms with Gasteiger partial charge in [-0.2, -0.15) is 0 Å². The van der Waals surface area contributed by atoms with Crippen LogP contribution in [0.4, 0.5) is 5.69 Å². The van der Waals surface area contributed by atoms with E-state index in [0.29, 0.717) is 6.61 Å². The van der Waals surface area contributed by atoms with E-state index in [9.17, 15) is 0 Å². The third kappa shape index (κ3) is 5.17. The first-order valence-electron chi connectivity index (χ1n) is 20.4. The molecule has 1 saturated carbocycles. The van der Waals surface area contributed by atoms with Gasteiger partial charge >= 0.3 is 0 Å². The molecule has 0 aromatic heterocycles. The number of fused-ring (bicyclic) bond motifs is 12. The summed E-state index contributed by atoms with van der Waals surface area (Å²) in [6.07, 6.45) is 12.7. The van der Waals surface area contributed by atoms with E-state index in [0.717, 1.165) is 66.5 Å². The number of nitrogens with zero attached hydrogens (tertiary/aromatic N) is 1. The standard InChI is InChI=1S/C50H53NO4/c1-47(2)29-48(3,4)31-49(30-47)40-13-9-8-12-36(40)43-42-37-23-27-54-46(37)41(51-25-10-7-11-26-51)28-39(42)45-38(44(43)49)22-24-50(55-45,32-14-18-34(52-5)19-15-32)33-16-20-35(53-6)21-17-33/h8-9,12-22,24,28H,7,10-11,23,25-27,29-31H2,1-6H3. The van der Waals surface area contributed by atoms with Crippen LogP contribution in [0.15, 0.2) is 84.9 Å². The lowest BCUT2D eigenvalue weighted by Gasteiger charge is -2.52. The minimum atomic E-state index is -0.892. The largest absolute Gasteiger partial charge is 0.497 e. The van der Waals surface area contributed by atoms with Crippen LogP contribution in [0.5, 0.6) is 23.0 Å². The van der Waals surface area contributed by atoms with Gasteiger partial charge in [0.15, 0.2) is 5.60 Å². The molecule has 5 aromatic rings. The Kier molecular flexibility index (Phi) is 7.73. The van der Waals surface area contributed by atoms with E-state index in [4.69, 9.17) is 18.9 Å². The zero-order chi connectivity index (χ0) is 37.7. The second-order valence-electron chi connectivity index (χ2n) is 18.4. The maximum absolute atomic E-state index is 7.89. The number of ether oxygens (including phenoxy) is 4. The van der Waals surface area contributed by atoms with Crippen molar-refractivity contribution < 1.29 is 18.9 Å². The van der Waals surface area contributed by atoms with Crippen molar-refractivity contribution in [3.05, 3.63) is 118 Å². The Bertz CT molecular complexity index is 2300. The molecule has 5 aliphatic rings. The lowest BCUT2D eigenvalue weighted by Crippen LogP contribution is -2.44. The molecule has 5 heteroatoms. The Morgan fingerprint density at radius 1 is 0.709 bits per heavy atom. The van der Waals surface area contributed by atoms with Gasteiger partial charge in [-0.25, -0.2) is 0 Å². The number of hydrogen-bond acceptors (Lipinski definition) is 5. The minimum Gasteiger partial charge on any atom is -0.497 e. The highest BCUT2D eigenvalue weighted by Gasteiger charge is 2.56. The van der Waals surface area contributed by atoms with Crippen LogP contribution >= 0.6 is 0 Å². The van der Waals surface area contributed by atoms with E-state index in [1.54, 1.807) is 14.2 Å². The second-order valence-corrected chi connectivity index (χ2v) is 18.4. The van der Waals surface area contributed by atoms with Crippen LogP contribution in [-0.2, 0) is 17.4 Å². The van der Waals surface area contributed by atoms with Crippen molar-refractivity contribution in [2.75, 3.05) is 38.8 Å². The first kappa shape index (κ1) is 34.6. The van der Waals surface area contributed by atoms with E-state index in [1.165, 1.54) is 75.5 Å². The Balaban J connectivity index is 1.33. The normalized spacial score (nSPS) is 20.6. The molecule has 0 unspecified atom stereocenters. The van der Waals surface area contributed by atoms with Crippen LogP contribution < -0.4 is 23.8 Å². The maximum Gasteiger partial charge on any atom is 0.178 e. The molecule has 3 heterocycles. The number of hydrogen-bond donors (Lipinski definition) is 0. The summed E-state index contributed by atoms with van der Waals surface area (Å²) in [6, 6.07) is 28.6. The fraction of sp³-hybridized carbons (Fsp3) is 0.400. The fourth-order valence-electron chi connectivity index (χ4n) is 12.0. The smallest absolute Gasteiger partial charge is 0.178 e. The molecule has 3 aliphatic heterocycles. The van der Waals surface area contributed by atoms with Gasteiger partial charge in [0.2, 0.25) is 0 Å². The molecule has 282 valence electrons. The summed E-state index contributed by atoms with van der Waals surface area (Å²) in [5.41, 5.74) is 10.8. The van der Waals surface area contributed by atoms with Crippen LogP contribution in [0, 0.1) is 10.8 Å². The summed E-state index contributed by atoms with van der Waals surface area (Å²) in [7, 11) is 3.44. The molecular formula is C50H53NO4. The van der Waals surface area contributed by atoms with Crippen molar-refractivity contribution in [2.45, 2.75) is 83.7 Å². The summed E-state index contributed by atoms with van der Waals surface area (Å²) in [4.78, 5) is 2.58. The van der Waals surface area contributed by atoms with Gasteiger partial charge in [0.1, 0.15) is 23.0 Å². The number of rotatable bonds is 5. The van der Waals surface area contributed by atoms with Crippen LogP contribution in [-0.4, -0.2) is 33.9 Å². The number of benzene rings is 5. The van der Waals surface area contributed by atoms with Gasteiger partial charge in [-0.05, 0) is 108 Å². The molecule has 2 fully saturated rings. The van der Waals surface area contributed by atoms with Gasteiger partial charge in [0.05, 0.1) is 26.5 Å². The quantitative estimate of drug-likeness (QED) is 0.180. The predicted molar refractivity (Wildman–Crippen MR) is 223 cm³/mol. The molecule has 0 N–H and O–H groups in total. The molecule has 5 nitrogen and oxygen atoms in total. The van der Waals surface area contributed by atoms with Gasteiger partial charge in [0, 0.05) is 58.0 Å². The van der Waals surface area contributed by atoms with Crippen molar-refractivity contribution in [3.63, 3.8) is 0 Å². The molecule has 5 aromatic carbocycles. The zero-order valence-corrected chi connectivity index (χ0v) is 33.3. The first-order chi connectivity index (χ1) is 26.6. The topological polar surface area (TPSA) is 40.2 Å². The summed E-state index contributed by atoms with van der Waals surface area (Å²) in [5.74, 6) is 3.70. The minimum absolute atomic E-state index is 0.149. The van der Waals surface area contributed by atoms with Crippen molar-refractivity contribution in [2.24, 2.45) is 10.8 Å².